The SMILES string of the molecule is CC(C)(C)C1=C(C(C)(C)C)OC(c2ccccc2)(c2ccccc2)O1. The summed E-state index contributed by atoms with van der Waals surface area (Å²) >= 11 is 0. The van der Waals surface area contributed by atoms with Gasteiger partial charge in [0.25, 0.3) is 0 Å². The molecule has 0 atom stereocenters. The van der Waals surface area contributed by atoms with Gasteiger partial charge in [-0.15, -0.1) is 0 Å². The molecule has 3 rings (SSSR count). The molecule has 0 saturated carbocycles. The topological polar surface area (TPSA) is 18.5 Å². The van der Waals surface area contributed by atoms with Crippen LogP contribution in [0.2, 0.25) is 0 Å². The van der Waals surface area contributed by atoms with E-state index < -0.39 is 5.79 Å². The molecule has 25 heavy (non-hydrogen) atoms. The van der Waals surface area contributed by atoms with Gasteiger partial charge in [-0.1, -0.05) is 102 Å². The smallest absolute Gasteiger partial charge is 0.304 e. The zero-order chi connectivity index (χ0) is 18.3. The molecule has 2 aromatic carbocycles. The van der Waals surface area contributed by atoms with E-state index in [1.165, 1.54) is 0 Å². The van der Waals surface area contributed by atoms with Crippen LogP contribution in [-0.2, 0) is 15.3 Å². The first-order valence-electron chi connectivity index (χ1n) is 8.89. The molecule has 2 nitrogen and oxygen atoms in total. The maximum Gasteiger partial charge on any atom is 0.304 e. The summed E-state index contributed by atoms with van der Waals surface area (Å²) in [5.74, 6) is 0.911. The Balaban J connectivity index is 2.21. The van der Waals surface area contributed by atoms with E-state index in [1.54, 1.807) is 0 Å². The molecule has 1 aliphatic heterocycles. The Morgan fingerprint density at radius 3 is 1.16 bits per heavy atom. The van der Waals surface area contributed by atoms with Crippen molar-refractivity contribution in [2.24, 2.45) is 10.8 Å². The summed E-state index contributed by atoms with van der Waals surface area (Å²) < 4.78 is 13.4. The second kappa shape index (κ2) is 5.94. The molecular weight excluding hydrogens is 308 g/mol. The Hall–Kier alpha value is -2.22. The molecular formula is C23H28O2. The van der Waals surface area contributed by atoms with Gasteiger partial charge in [-0.3, -0.25) is 0 Å². The van der Waals surface area contributed by atoms with Crippen molar-refractivity contribution in [3.05, 3.63) is 83.3 Å². The van der Waals surface area contributed by atoms with Gasteiger partial charge in [-0.25, -0.2) is 0 Å². The van der Waals surface area contributed by atoms with E-state index in [9.17, 15) is 0 Å². The maximum atomic E-state index is 6.68. The van der Waals surface area contributed by atoms with Crippen molar-refractivity contribution in [1.82, 2.24) is 0 Å². The van der Waals surface area contributed by atoms with Gasteiger partial charge in [0.05, 0.1) is 0 Å². The van der Waals surface area contributed by atoms with Gasteiger partial charge in [-0.2, -0.15) is 0 Å². The summed E-state index contributed by atoms with van der Waals surface area (Å²) in [5, 5.41) is 0. The number of rotatable bonds is 2. The molecule has 1 aliphatic rings. The van der Waals surface area contributed by atoms with Gasteiger partial charge in [0, 0.05) is 22.0 Å². The van der Waals surface area contributed by atoms with Crippen LogP contribution in [0.15, 0.2) is 72.2 Å². The van der Waals surface area contributed by atoms with Gasteiger partial charge < -0.3 is 9.47 Å². The monoisotopic (exact) mass is 336 g/mol. The van der Waals surface area contributed by atoms with E-state index in [-0.39, 0.29) is 10.8 Å². The van der Waals surface area contributed by atoms with Crippen molar-refractivity contribution in [2.45, 2.75) is 47.3 Å². The second-order valence-electron chi connectivity index (χ2n) is 8.71. The fourth-order valence-electron chi connectivity index (χ4n) is 3.11. The Kier molecular flexibility index (Phi) is 4.18. The predicted octanol–water partition coefficient (Wildman–Crippen LogP) is 6.24. The number of ether oxygens (including phenoxy) is 2. The molecule has 0 aromatic heterocycles. The largest absolute Gasteiger partial charge is 0.445 e. The summed E-state index contributed by atoms with van der Waals surface area (Å²) in [6.45, 7) is 13.0. The minimum atomic E-state index is -0.937. The van der Waals surface area contributed by atoms with Crippen LogP contribution in [0.3, 0.4) is 0 Å². The van der Waals surface area contributed by atoms with Crippen molar-refractivity contribution in [1.29, 1.82) is 0 Å². The first kappa shape index (κ1) is 17.6. The average Bonchev–Trinajstić information content (AvgIpc) is 2.99. The summed E-state index contributed by atoms with van der Waals surface area (Å²) in [5.41, 5.74) is 1.71. The van der Waals surface area contributed by atoms with Gasteiger partial charge in [0.15, 0.2) is 0 Å². The number of hydrogen-bond acceptors (Lipinski definition) is 2. The summed E-state index contributed by atoms with van der Waals surface area (Å²) in [4.78, 5) is 0. The molecule has 0 radical (unpaired) electrons. The lowest BCUT2D eigenvalue weighted by atomic mass is 9.85. The molecule has 2 heteroatoms. The van der Waals surface area contributed by atoms with Crippen LogP contribution in [0.1, 0.15) is 52.7 Å². The van der Waals surface area contributed by atoms with Crippen molar-refractivity contribution in [3.63, 3.8) is 0 Å². The predicted molar refractivity (Wildman–Crippen MR) is 102 cm³/mol. The van der Waals surface area contributed by atoms with E-state index in [0.717, 1.165) is 22.6 Å². The highest BCUT2D eigenvalue weighted by Gasteiger charge is 2.51. The molecule has 0 amide bonds. The van der Waals surface area contributed by atoms with Crippen LogP contribution in [-0.4, -0.2) is 0 Å². The van der Waals surface area contributed by atoms with E-state index in [0.29, 0.717) is 0 Å². The lowest BCUT2D eigenvalue weighted by molar-refractivity contribution is -0.139. The normalized spacial score (nSPS) is 17.2. The quantitative estimate of drug-likeness (QED) is 0.646. The summed E-state index contributed by atoms with van der Waals surface area (Å²) in [6, 6.07) is 20.4. The Morgan fingerprint density at radius 1 is 0.560 bits per heavy atom. The van der Waals surface area contributed by atoms with Crippen LogP contribution >= 0.6 is 0 Å². The minimum Gasteiger partial charge on any atom is -0.445 e. The lowest BCUT2D eigenvalue weighted by Gasteiger charge is -2.32. The van der Waals surface area contributed by atoms with E-state index in [2.05, 4.69) is 65.8 Å². The number of benzene rings is 2. The zero-order valence-corrected chi connectivity index (χ0v) is 16.1. The third-order valence-electron chi connectivity index (χ3n) is 4.37. The van der Waals surface area contributed by atoms with Crippen LogP contribution in [0.5, 0.6) is 0 Å². The fraction of sp³-hybridized carbons (Fsp3) is 0.391. The van der Waals surface area contributed by atoms with Gasteiger partial charge in [0.1, 0.15) is 11.5 Å². The van der Waals surface area contributed by atoms with Gasteiger partial charge in [-0.05, 0) is 0 Å². The average molecular weight is 336 g/mol. The third-order valence-corrected chi connectivity index (χ3v) is 4.37. The second-order valence-corrected chi connectivity index (χ2v) is 8.71. The zero-order valence-electron chi connectivity index (χ0n) is 16.1. The van der Waals surface area contributed by atoms with Crippen molar-refractivity contribution >= 4 is 0 Å². The van der Waals surface area contributed by atoms with E-state index in [4.69, 9.17) is 9.47 Å². The number of hydrogen-bond donors (Lipinski definition) is 0. The van der Waals surface area contributed by atoms with E-state index in [1.807, 2.05) is 36.4 Å². The molecule has 132 valence electrons. The van der Waals surface area contributed by atoms with Crippen LogP contribution in [0.25, 0.3) is 0 Å². The minimum absolute atomic E-state index is 0.145. The molecule has 0 aliphatic carbocycles. The fourth-order valence-corrected chi connectivity index (χ4v) is 3.11. The third kappa shape index (κ3) is 3.18. The maximum absolute atomic E-state index is 6.68. The first-order valence-corrected chi connectivity index (χ1v) is 8.89. The first-order chi connectivity index (χ1) is 11.6. The molecule has 0 unspecified atom stereocenters. The van der Waals surface area contributed by atoms with Crippen LogP contribution in [0.4, 0.5) is 0 Å². The highest BCUT2D eigenvalue weighted by atomic mass is 16.7. The lowest BCUT2D eigenvalue weighted by Crippen LogP contribution is -2.31. The molecule has 0 fully saturated rings. The van der Waals surface area contributed by atoms with Gasteiger partial charge >= 0.3 is 5.79 Å². The Labute approximate surface area is 151 Å². The van der Waals surface area contributed by atoms with Crippen LogP contribution < -0.4 is 0 Å². The molecule has 0 spiro atoms. The molecule has 0 bridgehead atoms. The molecule has 0 N–H and O–H groups in total. The molecule has 0 saturated heterocycles. The number of allylic oxidation sites excluding steroid dienone is 2. The van der Waals surface area contributed by atoms with Crippen molar-refractivity contribution < 1.29 is 9.47 Å². The summed E-state index contributed by atoms with van der Waals surface area (Å²) in [6.07, 6.45) is 0. The molecule has 1 heterocycles. The Bertz CT molecular complexity index is 692. The van der Waals surface area contributed by atoms with Crippen molar-refractivity contribution in [3.8, 4) is 0 Å². The molecule has 2 aromatic rings. The van der Waals surface area contributed by atoms with E-state index >= 15 is 0 Å². The van der Waals surface area contributed by atoms with Crippen LogP contribution in [0, 0.1) is 10.8 Å². The highest BCUT2D eigenvalue weighted by molar-refractivity contribution is 5.38. The summed E-state index contributed by atoms with van der Waals surface area (Å²) in [7, 11) is 0. The standard InChI is InChI=1S/C23H28O2/c1-21(2,3)19-20(22(4,5)6)25-23(24-19,17-13-9-7-10-14-17)18-15-11-8-12-16-18/h7-16H,1-6H3. The highest BCUT2D eigenvalue weighted by Crippen LogP contribution is 2.52. The van der Waals surface area contributed by atoms with Gasteiger partial charge in [0.2, 0.25) is 0 Å². The van der Waals surface area contributed by atoms with Crippen molar-refractivity contribution in [2.75, 3.05) is 0 Å². The Morgan fingerprint density at radius 2 is 0.880 bits per heavy atom.